The fraction of sp³-hybridized carbons (Fsp3) is 0.231. The van der Waals surface area contributed by atoms with Gasteiger partial charge in [0, 0.05) is 18.0 Å². The first-order chi connectivity index (χ1) is 8.24. The van der Waals surface area contributed by atoms with Crippen LogP contribution in [-0.2, 0) is 0 Å². The summed E-state index contributed by atoms with van der Waals surface area (Å²) in [6.07, 6.45) is 4.47. The molecule has 0 aliphatic carbocycles. The molecule has 2 heterocycles. The molecule has 17 heavy (non-hydrogen) atoms. The van der Waals surface area contributed by atoms with Crippen molar-refractivity contribution in [2.24, 2.45) is 4.99 Å². The lowest BCUT2D eigenvalue weighted by molar-refractivity contribution is 0.923. The molecule has 0 fully saturated rings. The zero-order valence-corrected chi connectivity index (χ0v) is 10.2. The minimum atomic E-state index is -0.174. The Morgan fingerprint density at radius 3 is 3.12 bits per heavy atom. The summed E-state index contributed by atoms with van der Waals surface area (Å²) in [6.45, 7) is 2.08. The highest BCUT2D eigenvalue weighted by Crippen LogP contribution is 2.29. The fourth-order valence-corrected chi connectivity index (χ4v) is 2.31. The SMILES string of the molecule is Cc1ccc2[nH]nc(C3=CC=NC(Cl)C3)c2c1. The molecule has 0 amide bonds. The summed E-state index contributed by atoms with van der Waals surface area (Å²) in [5, 5.41) is 8.58. The molecule has 1 aliphatic rings. The molecule has 1 aromatic heterocycles. The number of aryl methyl sites for hydroxylation is 1. The normalized spacial score (nSPS) is 19.6. The maximum Gasteiger partial charge on any atom is 0.127 e. The second-order valence-corrected chi connectivity index (χ2v) is 4.75. The summed E-state index contributed by atoms with van der Waals surface area (Å²) < 4.78 is 0. The van der Waals surface area contributed by atoms with Gasteiger partial charge in [-0.2, -0.15) is 5.10 Å². The van der Waals surface area contributed by atoms with Gasteiger partial charge in [0.05, 0.1) is 11.2 Å². The molecule has 0 radical (unpaired) electrons. The number of hydrogen-bond acceptors (Lipinski definition) is 2. The summed E-state index contributed by atoms with van der Waals surface area (Å²) in [5.41, 5.74) is 4.23. The van der Waals surface area contributed by atoms with Gasteiger partial charge in [-0.1, -0.05) is 23.2 Å². The van der Waals surface area contributed by atoms with Crippen molar-refractivity contribution >= 4 is 34.3 Å². The van der Waals surface area contributed by atoms with Crippen molar-refractivity contribution in [3.05, 3.63) is 35.5 Å². The Bertz CT molecular complexity index is 625. The lowest BCUT2D eigenvalue weighted by Crippen LogP contribution is -2.02. The first kappa shape index (κ1) is 10.5. The summed E-state index contributed by atoms with van der Waals surface area (Å²) in [4.78, 5) is 4.11. The van der Waals surface area contributed by atoms with Gasteiger partial charge in [-0.15, -0.1) is 0 Å². The van der Waals surface area contributed by atoms with Gasteiger partial charge < -0.3 is 0 Å². The molecule has 0 saturated heterocycles. The number of nitrogens with one attached hydrogen (secondary N) is 1. The second kappa shape index (κ2) is 4.00. The smallest absolute Gasteiger partial charge is 0.127 e. The number of aromatic amines is 1. The molecule has 4 heteroatoms. The van der Waals surface area contributed by atoms with Crippen molar-refractivity contribution in [3.63, 3.8) is 0 Å². The monoisotopic (exact) mass is 245 g/mol. The zero-order valence-electron chi connectivity index (χ0n) is 9.44. The van der Waals surface area contributed by atoms with E-state index >= 15 is 0 Å². The number of dihydropyridines is 1. The van der Waals surface area contributed by atoms with Crippen LogP contribution in [0.25, 0.3) is 16.5 Å². The Morgan fingerprint density at radius 1 is 1.41 bits per heavy atom. The lowest BCUT2D eigenvalue weighted by Gasteiger charge is -2.10. The number of allylic oxidation sites excluding steroid dienone is 1. The molecule has 1 aromatic carbocycles. The molecule has 0 saturated carbocycles. The standard InChI is InChI=1S/C13H12ClN3/c1-8-2-3-11-10(6-8)13(17-16-11)9-4-5-15-12(14)7-9/h2-6,12H,7H2,1H3,(H,16,17). The van der Waals surface area contributed by atoms with Gasteiger partial charge in [-0.05, 0) is 30.7 Å². The molecule has 3 nitrogen and oxygen atoms in total. The highest BCUT2D eigenvalue weighted by molar-refractivity contribution is 6.22. The molecule has 0 bridgehead atoms. The number of halogens is 1. The summed E-state index contributed by atoms with van der Waals surface area (Å²) >= 11 is 6.03. The average molecular weight is 246 g/mol. The highest BCUT2D eigenvalue weighted by Gasteiger charge is 2.15. The van der Waals surface area contributed by atoms with E-state index in [0.717, 1.165) is 28.6 Å². The van der Waals surface area contributed by atoms with E-state index in [0.29, 0.717) is 0 Å². The van der Waals surface area contributed by atoms with Gasteiger partial charge in [0.15, 0.2) is 0 Å². The van der Waals surface area contributed by atoms with Crippen LogP contribution in [0.2, 0.25) is 0 Å². The molecular formula is C13H12ClN3. The average Bonchev–Trinajstić information content (AvgIpc) is 2.71. The van der Waals surface area contributed by atoms with E-state index in [9.17, 15) is 0 Å². The third kappa shape index (κ3) is 1.87. The fourth-order valence-electron chi connectivity index (χ4n) is 2.08. The van der Waals surface area contributed by atoms with Gasteiger partial charge in [0.2, 0.25) is 0 Å². The third-order valence-corrected chi connectivity index (χ3v) is 3.20. The zero-order chi connectivity index (χ0) is 11.8. The molecular weight excluding hydrogens is 234 g/mol. The number of fused-ring (bicyclic) bond motifs is 1. The number of H-pyrrole nitrogens is 1. The number of aliphatic imine (C=N–C) groups is 1. The van der Waals surface area contributed by atoms with Gasteiger partial charge >= 0.3 is 0 Å². The van der Waals surface area contributed by atoms with Gasteiger partial charge in [0.25, 0.3) is 0 Å². The Kier molecular flexibility index (Phi) is 2.48. The van der Waals surface area contributed by atoms with Crippen molar-refractivity contribution in [3.8, 4) is 0 Å². The van der Waals surface area contributed by atoms with Gasteiger partial charge in [-0.25, -0.2) is 0 Å². The number of benzene rings is 1. The van der Waals surface area contributed by atoms with E-state index in [2.05, 4.69) is 40.3 Å². The first-order valence-corrected chi connectivity index (χ1v) is 5.99. The Labute approximate surface area is 104 Å². The highest BCUT2D eigenvalue weighted by atomic mass is 35.5. The van der Waals surface area contributed by atoms with Crippen molar-refractivity contribution in [2.45, 2.75) is 18.8 Å². The molecule has 86 valence electrons. The van der Waals surface area contributed by atoms with Crippen molar-refractivity contribution < 1.29 is 0 Å². The van der Waals surface area contributed by atoms with Crippen LogP contribution in [0.1, 0.15) is 17.7 Å². The lowest BCUT2D eigenvalue weighted by atomic mass is 10.0. The first-order valence-electron chi connectivity index (χ1n) is 5.55. The van der Waals surface area contributed by atoms with Crippen molar-refractivity contribution in [1.29, 1.82) is 0 Å². The summed E-state index contributed by atoms with van der Waals surface area (Å²) in [7, 11) is 0. The Morgan fingerprint density at radius 2 is 2.29 bits per heavy atom. The minimum absolute atomic E-state index is 0.174. The second-order valence-electron chi connectivity index (χ2n) is 4.25. The number of rotatable bonds is 1. The quantitative estimate of drug-likeness (QED) is 0.608. The van der Waals surface area contributed by atoms with Crippen LogP contribution in [0.5, 0.6) is 0 Å². The van der Waals surface area contributed by atoms with Crippen LogP contribution in [0.3, 0.4) is 0 Å². The maximum absolute atomic E-state index is 6.03. The third-order valence-electron chi connectivity index (χ3n) is 2.93. The minimum Gasteiger partial charge on any atom is -0.277 e. The van der Waals surface area contributed by atoms with Crippen molar-refractivity contribution in [2.75, 3.05) is 0 Å². The van der Waals surface area contributed by atoms with Gasteiger partial charge in [-0.3, -0.25) is 10.1 Å². The van der Waals surface area contributed by atoms with E-state index in [1.54, 1.807) is 6.21 Å². The molecule has 1 atom stereocenters. The number of nitrogens with zero attached hydrogens (tertiary/aromatic N) is 2. The van der Waals surface area contributed by atoms with E-state index in [1.807, 2.05) is 6.08 Å². The Hall–Kier alpha value is -1.61. The molecule has 0 spiro atoms. The molecule has 2 aromatic rings. The number of aromatic nitrogens is 2. The summed E-state index contributed by atoms with van der Waals surface area (Å²) in [6, 6.07) is 6.27. The Balaban J connectivity index is 2.14. The predicted molar refractivity (Wildman–Crippen MR) is 71.6 cm³/mol. The van der Waals surface area contributed by atoms with Crippen molar-refractivity contribution in [1.82, 2.24) is 10.2 Å². The number of hydrogen-bond donors (Lipinski definition) is 1. The summed E-state index contributed by atoms with van der Waals surface area (Å²) in [5.74, 6) is 0. The molecule has 1 unspecified atom stereocenters. The van der Waals surface area contributed by atoms with Crippen LogP contribution in [-0.4, -0.2) is 21.9 Å². The van der Waals surface area contributed by atoms with E-state index in [-0.39, 0.29) is 5.50 Å². The topological polar surface area (TPSA) is 41.0 Å². The largest absolute Gasteiger partial charge is 0.277 e. The van der Waals surface area contributed by atoms with Crippen LogP contribution in [0, 0.1) is 6.92 Å². The molecule has 3 rings (SSSR count). The van der Waals surface area contributed by atoms with Crippen LogP contribution >= 0.6 is 11.6 Å². The van der Waals surface area contributed by atoms with Crippen LogP contribution in [0.4, 0.5) is 0 Å². The maximum atomic E-state index is 6.03. The van der Waals surface area contributed by atoms with Crippen LogP contribution in [0.15, 0.2) is 29.3 Å². The van der Waals surface area contributed by atoms with Gasteiger partial charge in [0.1, 0.15) is 5.50 Å². The van der Waals surface area contributed by atoms with E-state index < -0.39 is 0 Å². The predicted octanol–water partition coefficient (Wildman–Crippen LogP) is 3.29. The number of alkyl halides is 1. The van der Waals surface area contributed by atoms with Crippen LogP contribution < -0.4 is 0 Å². The molecule has 1 N–H and O–H groups in total. The van der Waals surface area contributed by atoms with E-state index in [4.69, 9.17) is 11.6 Å². The van der Waals surface area contributed by atoms with E-state index in [1.165, 1.54) is 5.56 Å². The molecule has 1 aliphatic heterocycles.